The van der Waals surface area contributed by atoms with Crippen molar-refractivity contribution in [1.82, 2.24) is 9.97 Å². The van der Waals surface area contributed by atoms with Crippen LogP contribution < -0.4 is 0 Å². The molecule has 0 N–H and O–H groups in total. The highest BCUT2D eigenvalue weighted by atomic mass is 32.1. The van der Waals surface area contributed by atoms with E-state index in [1.54, 1.807) is 0 Å². The van der Waals surface area contributed by atoms with E-state index in [1.807, 2.05) is 11.3 Å². The monoisotopic (exact) mass is 754 g/mol. The van der Waals surface area contributed by atoms with Gasteiger partial charge in [-0.05, 0) is 78.8 Å². The molecule has 3 aromatic heterocycles. The van der Waals surface area contributed by atoms with Crippen molar-refractivity contribution < 1.29 is 4.42 Å². The van der Waals surface area contributed by atoms with Gasteiger partial charge in [0.25, 0.3) is 0 Å². The number of hydrogen-bond acceptors (Lipinski definition) is 4. The highest BCUT2D eigenvalue weighted by molar-refractivity contribution is 7.26. The maximum absolute atomic E-state index is 7.09. The Bertz CT molecular complexity index is 3830. The number of thiophene rings is 1. The number of hydrogen-bond donors (Lipinski definition) is 0. The summed E-state index contributed by atoms with van der Waals surface area (Å²) in [4.78, 5) is 10.8. The molecule has 3 heterocycles. The van der Waals surface area contributed by atoms with Crippen LogP contribution in [0.1, 0.15) is 0 Å². The standard InChI is InChI=1S/C54H30N2OS/c1-2-13-32(14-3-1)44-30-45(56-54(55-44)34-22-24-42-48(29-34)58-47-27-23-31-12-4-6-16-35(31)49(42)47)51-36-17-7-5-15-33(36)28-46-52(51)43-26-25-41-39-20-9-8-18-37(39)38-19-10-11-21-40(38)50(41)53(43)57-46/h1-30H. The Morgan fingerprint density at radius 1 is 0.362 bits per heavy atom. The number of rotatable bonds is 3. The third-order valence-corrected chi connectivity index (χ3v) is 13.1. The van der Waals surface area contributed by atoms with Gasteiger partial charge >= 0.3 is 0 Å². The molecule has 0 bridgehead atoms. The summed E-state index contributed by atoms with van der Waals surface area (Å²) in [5.74, 6) is 0.692. The first-order chi connectivity index (χ1) is 28.7. The van der Waals surface area contributed by atoms with Gasteiger partial charge in [-0.15, -0.1) is 11.3 Å². The van der Waals surface area contributed by atoms with Gasteiger partial charge in [-0.3, -0.25) is 0 Å². The van der Waals surface area contributed by atoms with E-state index < -0.39 is 0 Å². The molecular formula is C54H30N2OS. The van der Waals surface area contributed by atoms with Crippen molar-refractivity contribution in [3.8, 4) is 33.9 Å². The summed E-state index contributed by atoms with van der Waals surface area (Å²) < 4.78 is 9.59. The lowest BCUT2D eigenvalue weighted by Gasteiger charge is -2.13. The molecule has 4 heteroatoms. The predicted octanol–water partition coefficient (Wildman–Crippen LogP) is 15.5. The van der Waals surface area contributed by atoms with Crippen molar-refractivity contribution in [3.63, 3.8) is 0 Å². The maximum atomic E-state index is 7.09. The van der Waals surface area contributed by atoms with Crippen LogP contribution in [0.15, 0.2) is 186 Å². The Morgan fingerprint density at radius 3 is 1.79 bits per heavy atom. The molecule has 0 aliphatic rings. The molecular weight excluding hydrogens is 725 g/mol. The molecule has 0 aliphatic heterocycles. The molecule has 0 saturated heterocycles. The fourth-order valence-corrected chi connectivity index (χ4v) is 10.6. The Balaban J connectivity index is 1.12. The molecule has 0 amide bonds. The van der Waals surface area contributed by atoms with Crippen LogP contribution in [-0.2, 0) is 0 Å². The number of furan rings is 1. The van der Waals surface area contributed by atoms with Crippen LogP contribution in [0.4, 0.5) is 0 Å². The SMILES string of the molecule is c1ccc(-c2cc(-c3c4ccccc4cc4oc5c(ccc6c7ccccc7c7ccccc7c65)c34)nc(-c3ccc4c(c3)sc3ccc5ccccc5c34)n2)cc1. The Kier molecular flexibility index (Phi) is 6.60. The molecule has 0 atom stereocenters. The van der Waals surface area contributed by atoms with Crippen molar-refractivity contribution in [2.75, 3.05) is 0 Å². The smallest absolute Gasteiger partial charge is 0.160 e. The molecule has 268 valence electrons. The number of aromatic nitrogens is 2. The second kappa shape index (κ2) is 12.1. The molecule has 3 nitrogen and oxygen atoms in total. The molecule has 0 radical (unpaired) electrons. The first-order valence-corrected chi connectivity index (χ1v) is 20.5. The van der Waals surface area contributed by atoms with E-state index in [1.165, 1.54) is 57.9 Å². The Labute approximate surface area is 336 Å². The quantitative estimate of drug-likeness (QED) is 0.169. The summed E-state index contributed by atoms with van der Waals surface area (Å²) in [6.45, 7) is 0. The minimum absolute atomic E-state index is 0.692. The number of fused-ring (bicyclic) bond motifs is 16. The highest BCUT2D eigenvalue weighted by Gasteiger charge is 2.23. The summed E-state index contributed by atoms with van der Waals surface area (Å²) in [6.07, 6.45) is 0. The number of benzene rings is 10. The van der Waals surface area contributed by atoms with Crippen molar-refractivity contribution in [1.29, 1.82) is 0 Å². The lowest BCUT2D eigenvalue weighted by atomic mass is 9.91. The van der Waals surface area contributed by atoms with Crippen LogP contribution in [0.25, 0.3) is 130 Å². The van der Waals surface area contributed by atoms with E-state index in [-0.39, 0.29) is 0 Å². The van der Waals surface area contributed by atoms with Gasteiger partial charge < -0.3 is 4.42 Å². The zero-order chi connectivity index (χ0) is 37.9. The summed E-state index contributed by atoms with van der Waals surface area (Å²) in [5.41, 5.74) is 6.55. The van der Waals surface area contributed by atoms with Crippen molar-refractivity contribution in [2.45, 2.75) is 0 Å². The average Bonchev–Trinajstić information content (AvgIpc) is 3.86. The van der Waals surface area contributed by atoms with Gasteiger partial charge in [0.05, 0.1) is 11.4 Å². The molecule has 0 aliphatic carbocycles. The van der Waals surface area contributed by atoms with Gasteiger partial charge in [-0.1, -0.05) is 152 Å². The second-order valence-corrected chi connectivity index (χ2v) is 16.3. The normalized spacial score (nSPS) is 12.1. The summed E-state index contributed by atoms with van der Waals surface area (Å²) in [5, 5.41) is 16.7. The summed E-state index contributed by atoms with van der Waals surface area (Å²) in [7, 11) is 0. The van der Waals surface area contributed by atoms with Crippen molar-refractivity contribution in [2.24, 2.45) is 0 Å². The lowest BCUT2D eigenvalue weighted by molar-refractivity contribution is 0.673. The molecule has 10 aromatic carbocycles. The van der Waals surface area contributed by atoms with E-state index in [4.69, 9.17) is 14.4 Å². The van der Waals surface area contributed by atoms with E-state index in [2.05, 4.69) is 182 Å². The second-order valence-electron chi connectivity index (χ2n) is 15.2. The number of nitrogens with zero attached hydrogens (tertiary/aromatic N) is 2. The molecule has 58 heavy (non-hydrogen) atoms. The predicted molar refractivity (Wildman–Crippen MR) is 246 cm³/mol. The molecule has 13 rings (SSSR count). The first-order valence-electron chi connectivity index (χ1n) is 19.6. The fraction of sp³-hybridized carbons (Fsp3) is 0. The average molecular weight is 755 g/mol. The van der Waals surface area contributed by atoms with Gasteiger partial charge in [0.2, 0.25) is 0 Å². The minimum Gasteiger partial charge on any atom is -0.455 e. The van der Waals surface area contributed by atoms with E-state index >= 15 is 0 Å². The van der Waals surface area contributed by atoms with Crippen LogP contribution in [-0.4, -0.2) is 9.97 Å². The van der Waals surface area contributed by atoms with Gasteiger partial charge in [0.1, 0.15) is 11.2 Å². The Hall–Kier alpha value is -7.40. The van der Waals surface area contributed by atoms with Crippen LogP contribution >= 0.6 is 11.3 Å². The van der Waals surface area contributed by atoms with Crippen LogP contribution in [0, 0.1) is 0 Å². The fourth-order valence-electron chi connectivity index (χ4n) is 9.46. The van der Waals surface area contributed by atoms with Crippen LogP contribution in [0.3, 0.4) is 0 Å². The zero-order valence-electron chi connectivity index (χ0n) is 31.0. The molecule has 13 aromatic rings. The third-order valence-electron chi connectivity index (χ3n) is 12.0. The maximum Gasteiger partial charge on any atom is 0.160 e. The Morgan fingerprint density at radius 2 is 0.983 bits per heavy atom. The summed E-state index contributed by atoms with van der Waals surface area (Å²) >= 11 is 1.83. The van der Waals surface area contributed by atoms with E-state index in [0.29, 0.717) is 5.82 Å². The van der Waals surface area contributed by atoms with Crippen LogP contribution in [0.2, 0.25) is 0 Å². The largest absolute Gasteiger partial charge is 0.455 e. The molecule has 0 fully saturated rings. The molecule has 0 unspecified atom stereocenters. The van der Waals surface area contributed by atoms with Crippen molar-refractivity contribution >= 4 is 107 Å². The van der Waals surface area contributed by atoms with Gasteiger partial charge in [0, 0.05) is 53.0 Å². The first kappa shape index (κ1) is 31.8. The van der Waals surface area contributed by atoms with Crippen LogP contribution in [0.5, 0.6) is 0 Å². The minimum atomic E-state index is 0.692. The van der Waals surface area contributed by atoms with Crippen molar-refractivity contribution in [3.05, 3.63) is 182 Å². The topological polar surface area (TPSA) is 38.9 Å². The van der Waals surface area contributed by atoms with Gasteiger partial charge in [-0.2, -0.15) is 0 Å². The zero-order valence-corrected chi connectivity index (χ0v) is 31.8. The third kappa shape index (κ3) is 4.55. The summed E-state index contributed by atoms with van der Waals surface area (Å²) in [6, 6.07) is 65.2. The van der Waals surface area contributed by atoms with Gasteiger partial charge in [0.15, 0.2) is 5.82 Å². The van der Waals surface area contributed by atoms with E-state index in [9.17, 15) is 0 Å². The van der Waals surface area contributed by atoms with E-state index in [0.717, 1.165) is 66.2 Å². The lowest BCUT2D eigenvalue weighted by Crippen LogP contribution is -1.97. The molecule has 0 saturated carbocycles. The highest BCUT2D eigenvalue weighted by Crippen LogP contribution is 2.47. The molecule has 0 spiro atoms. The van der Waals surface area contributed by atoms with Gasteiger partial charge in [-0.25, -0.2) is 9.97 Å².